The number of hydrogen-bond acceptors (Lipinski definition) is 2. The lowest BCUT2D eigenvalue weighted by molar-refractivity contribution is 0.560. The third-order valence-electron chi connectivity index (χ3n) is 4.46. The van der Waals surface area contributed by atoms with E-state index in [0.717, 1.165) is 31.1 Å². The first-order valence-corrected chi connectivity index (χ1v) is 8.16. The van der Waals surface area contributed by atoms with Crippen LogP contribution in [0.1, 0.15) is 24.8 Å². The van der Waals surface area contributed by atoms with Gasteiger partial charge >= 0.3 is 0 Å². The summed E-state index contributed by atoms with van der Waals surface area (Å²) in [6.07, 6.45) is 3.89. The molecule has 1 aromatic heterocycles. The van der Waals surface area contributed by atoms with Crippen LogP contribution >= 0.6 is 0 Å². The standard InChI is InChI=1S/C19H21N3/c1-3-9-16(10-4-1)15-22-18-12-6-5-11-17(18)20-19(22)21-13-7-2-8-14-21/h1,3-6,9-12H,2,7-8,13-15H2. The molecule has 3 aromatic rings. The van der Waals surface area contributed by atoms with Gasteiger partial charge in [-0.05, 0) is 37.0 Å². The van der Waals surface area contributed by atoms with Crippen LogP contribution < -0.4 is 4.90 Å². The van der Waals surface area contributed by atoms with Gasteiger partial charge in [0.25, 0.3) is 0 Å². The van der Waals surface area contributed by atoms with Gasteiger partial charge in [-0.1, -0.05) is 42.5 Å². The minimum Gasteiger partial charge on any atom is -0.342 e. The smallest absolute Gasteiger partial charge is 0.206 e. The van der Waals surface area contributed by atoms with Crippen LogP contribution in [0.5, 0.6) is 0 Å². The molecule has 1 saturated heterocycles. The van der Waals surface area contributed by atoms with Crippen LogP contribution in [0.25, 0.3) is 11.0 Å². The molecule has 2 heterocycles. The zero-order valence-electron chi connectivity index (χ0n) is 12.8. The summed E-state index contributed by atoms with van der Waals surface area (Å²) in [6.45, 7) is 3.13. The molecule has 112 valence electrons. The van der Waals surface area contributed by atoms with E-state index >= 15 is 0 Å². The molecule has 0 spiro atoms. The van der Waals surface area contributed by atoms with Gasteiger partial charge in [-0.3, -0.25) is 0 Å². The number of piperidine rings is 1. The molecule has 3 nitrogen and oxygen atoms in total. The molecule has 0 saturated carbocycles. The zero-order chi connectivity index (χ0) is 14.8. The van der Waals surface area contributed by atoms with E-state index in [1.807, 2.05) is 0 Å². The number of rotatable bonds is 3. The SMILES string of the molecule is c1ccc(Cn2c(N3CCCCC3)nc3ccccc32)cc1. The summed E-state index contributed by atoms with van der Waals surface area (Å²) < 4.78 is 2.37. The Bertz CT molecular complexity index is 755. The highest BCUT2D eigenvalue weighted by molar-refractivity contribution is 5.79. The fourth-order valence-electron chi connectivity index (χ4n) is 3.32. The highest BCUT2D eigenvalue weighted by Gasteiger charge is 2.19. The molecule has 1 aliphatic heterocycles. The maximum atomic E-state index is 4.92. The maximum absolute atomic E-state index is 4.92. The first kappa shape index (κ1) is 13.4. The highest BCUT2D eigenvalue weighted by atomic mass is 15.3. The Morgan fingerprint density at radius 3 is 2.36 bits per heavy atom. The molecule has 4 rings (SSSR count). The molecule has 0 atom stereocenters. The molecular weight excluding hydrogens is 270 g/mol. The maximum Gasteiger partial charge on any atom is 0.206 e. The first-order chi connectivity index (χ1) is 10.9. The normalized spacial score (nSPS) is 15.4. The predicted molar refractivity (Wildman–Crippen MR) is 91.3 cm³/mol. The van der Waals surface area contributed by atoms with E-state index in [1.165, 1.54) is 30.3 Å². The van der Waals surface area contributed by atoms with Gasteiger partial charge in [0.15, 0.2) is 0 Å². The monoisotopic (exact) mass is 291 g/mol. The summed E-state index contributed by atoms with van der Waals surface area (Å²) in [5.74, 6) is 1.13. The molecular formula is C19H21N3. The molecule has 2 aromatic carbocycles. The summed E-state index contributed by atoms with van der Waals surface area (Å²) in [7, 11) is 0. The van der Waals surface area contributed by atoms with Crippen molar-refractivity contribution in [3.05, 3.63) is 60.2 Å². The molecule has 1 aliphatic rings. The highest BCUT2D eigenvalue weighted by Crippen LogP contribution is 2.26. The minimum atomic E-state index is 0.882. The molecule has 22 heavy (non-hydrogen) atoms. The lowest BCUT2D eigenvalue weighted by Crippen LogP contribution is -2.32. The molecule has 0 N–H and O–H groups in total. The van der Waals surface area contributed by atoms with Crippen molar-refractivity contribution >= 4 is 17.0 Å². The largest absolute Gasteiger partial charge is 0.342 e. The van der Waals surface area contributed by atoms with Crippen molar-refractivity contribution in [2.45, 2.75) is 25.8 Å². The number of hydrogen-bond donors (Lipinski definition) is 0. The summed E-state index contributed by atoms with van der Waals surface area (Å²) in [6, 6.07) is 19.1. The van der Waals surface area contributed by atoms with Crippen molar-refractivity contribution in [2.24, 2.45) is 0 Å². The Kier molecular flexibility index (Phi) is 3.55. The summed E-state index contributed by atoms with van der Waals surface area (Å²) in [5, 5.41) is 0. The Balaban J connectivity index is 1.79. The number of fused-ring (bicyclic) bond motifs is 1. The topological polar surface area (TPSA) is 21.1 Å². The van der Waals surface area contributed by atoms with Gasteiger partial charge in [-0.2, -0.15) is 0 Å². The zero-order valence-corrected chi connectivity index (χ0v) is 12.8. The first-order valence-electron chi connectivity index (χ1n) is 8.16. The van der Waals surface area contributed by atoms with E-state index in [1.54, 1.807) is 0 Å². The molecule has 0 radical (unpaired) electrons. The van der Waals surface area contributed by atoms with E-state index in [-0.39, 0.29) is 0 Å². The molecule has 3 heteroatoms. The van der Waals surface area contributed by atoms with Crippen LogP contribution in [-0.2, 0) is 6.54 Å². The lowest BCUT2D eigenvalue weighted by atomic mass is 10.1. The van der Waals surface area contributed by atoms with E-state index in [4.69, 9.17) is 4.98 Å². The van der Waals surface area contributed by atoms with Crippen molar-refractivity contribution in [1.29, 1.82) is 0 Å². The van der Waals surface area contributed by atoms with Crippen LogP contribution in [0.2, 0.25) is 0 Å². The average molecular weight is 291 g/mol. The number of imidazole rings is 1. The molecule has 0 unspecified atom stereocenters. The van der Waals surface area contributed by atoms with Gasteiger partial charge in [-0.15, -0.1) is 0 Å². The van der Waals surface area contributed by atoms with Gasteiger partial charge in [0.05, 0.1) is 17.6 Å². The van der Waals surface area contributed by atoms with E-state index in [9.17, 15) is 0 Å². The third-order valence-corrected chi connectivity index (χ3v) is 4.46. The van der Waals surface area contributed by atoms with Crippen molar-refractivity contribution in [1.82, 2.24) is 9.55 Å². The van der Waals surface area contributed by atoms with Gasteiger partial charge in [0, 0.05) is 13.1 Å². The average Bonchev–Trinajstić information content (AvgIpc) is 2.95. The van der Waals surface area contributed by atoms with Crippen LogP contribution in [0.3, 0.4) is 0 Å². The van der Waals surface area contributed by atoms with Gasteiger partial charge in [-0.25, -0.2) is 4.98 Å². The fourth-order valence-corrected chi connectivity index (χ4v) is 3.32. The molecule has 1 fully saturated rings. The summed E-state index contributed by atoms with van der Waals surface area (Å²) in [5.41, 5.74) is 3.65. The van der Waals surface area contributed by atoms with E-state index in [0.29, 0.717) is 0 Å². The van der Waals surface area contributed by atoms with Crippen LogP contribution in [-0.4, -0.2) is 22.6 Å². The van der Waals surface area contributed by atoms with Crippen molar-refractivity contribution in [2.75, 3.05) is 18.0 Å². The van der Waals surface area contributed by atoms with Crippen molar-refractivity contribution in [3.8, 4) is 0 Å². The quantitative estimate of drug-likeness (QED) is 0.725. The Hall–Kier alpha value is -2.29. The number of anilines is 1. The summed E-state index contributed by atoms with van der Waals surface area (Å²) >= 11 is 0. The van der Waals surface area contributed by atoms with Gasteiger partial charge < -0.3 is 9.47 Å². The second-order valence-corrected chi connectivity index (χ2v) is 6.02. The number of aromatic nitrogens is 2. The minimum absolute atomic E-state index is 0.882. The van der Waals surface area contributed by atoms with Crippen LogP contribution in [0, 0.1) is 0 Å². The molecule has 0 bridgehead atoms. The Labute approximate surface area is 131 Å². The summed E-state index contributed by atoms with van der Waals surface area (Å²) in [4.78, 5) is 7.37. The second kappa shape index (κ2) is 5.84. The van der Waals surface area contributed by atoms with Crippen LogP contribution in [0.4, 0.5) is 5.95 Å². The molecule has 0 amide bonds. The number of para-hydroxylation sites is 2. The van der Waals surface area contributed by atoms with Gasteiger partial charge in [0.1, 0.15) is 0 Å². The predicted octanol–water partition coefficient (Wildman–Crippen LogP) is 4.07. The molecule has 0 aliphatic carbocycles. The number of nitrogens with zero attached hydrogens (tertiary/aromatic N) is 3. The van der Waals surface area contributed by atoms with E-state index in [2.05, 4.69) is 64.1 Å². The Morgan fingerprint density at radius 2 is 1.55 bits per heavy atom. The fraction of sp³-hybridized carbons (Fsp3) is 0.316. The Morgan fingerprint density at radius 1 is 0.818 bits per heavy atom. The van der Waals surface area contributed by atoms with E-state index < -0.39 is 0 Å². The lowest BCUT2D eigenvalue weighted by Gasteiger charge is -2.28. The third kappa shape index (κ3) is 2.47. The van der Waals surface area contributed by atoms with Crippen molar-refractivity contribution < 1.29 is 0 Å². The van der Waals surface area contributed by atoms with Gasteiger partial charge in [0.2, 0.25) is 5.95 Å². The second-order valence-electron chi connectivity index (χ2n) is 6.02. The number of benzene rings is 2. The van der Waals surface area contributed by atoms with Crippen LogP contribution in [0.15, 0.2) is 54.6 Å². The van der Waals surface area contributed by atoms with Crippen molar-refractivity contribution in [3.63, 3.8) is 0 Å².